The Balaban J connectivity index is 1.96. The molecule has 3 aliphatic heterocycles. The van der Waals surface area contributed by atoms with Gasteiger partial charge in [-0.15, -0.1) is 0 Å². The lowest BCUT2D eigenvalue weighted by atomic mass is 9.70. The summed E-state index contributed by atoms with van der Waals surface area (Å²) in [4.78, 5) is 40.6. The largest absolute Gasteiger partial charge is 0.466 e. The Morgan fingerprint density at radius 3 is 2.71 bits per heavy atom. The van der Waals surface area contributed by atoms with E-state index in [4.69, 9.17) is 9.47 Å². The number of aliphatic hydroxyl groups excluding tert-OH is 1. The number of carbonyl (C=O) groups is 3. The van der Waals surface area contributed by atoms with Crippen molar-refractivity contribution in [3.8, 4) is 0 Å². The number of nitrogens with one attached hydrogen (secondary N) is 1. The van der Waals surface area contributed by atoms with Gasteiger partial charge in [-0.05, 0) is 40.0 Å². The van der Waals surface area contributed by atoms with Gasteiger partial charge in [0.15, 0.2) is 0 Å². The lowest BCUT2D eigenvalue weighted by Gasteiger charge is -2.36. The lowest BCUT2D eigenvalue weighted by Crippen LogP contribution is -2.58. The standard InChI is InChI=1S/C20H32N2O6/c1-5-7-11(3)21-17(24)16-20-9-8-13(28-20)14(19(26)27-6-2)15(20)18(25)22(16)12(4)10-23/h11-16,23H,5-10H2,1-4H3,(H,21,24)/t11?,12-,13-,14+,15+,16-,20+/m1/s1. The maximum absolute atomic E-state index is 13.4. The number of aliphatic hydroxyl groups is 1. The van der Waals surface area contributed by atoms with Crippen LogP contribution < -0.4 is 5.32 Å². The highest BCUT2D eigenvalue weighted by molar-refractivity contribution is 5.98. The molecule has 28 heavy (non-hydrogen) atoms. The predicted molar refractivity (Wildman–Crippen MR) is 100 cm³/mol. The van der Waals surface area contributed by atoms with Crippen LogP contribution in [0, 0.1) is 11.8 Å². The van der Waals surface area contributed by atoms with E-state index in [2.05, 4.69) is 5.32 Å². The van der Waals surface area contributed by atoms with Crippen LogP contribution in [-0.4, -0.2) is 70.8 Å². The molecular formula is C20H32N2O6. The Kier molecular flexibility index (Phi) is 6.00. The Morgan fingerprint density at radius 2 is 2.11 bits per heavy atom. The first-order valence-corrected chi connectivity index (χ1v) is 10.4. The Labute approximate surface area is 165 Å². The third kappa shape index (κ3) is 3.10. The van der Waals surface area contributed by atoms with Gasteiger partial charge in [-0.2, -0.15) is 0 Å². The van der Waals surface area contributed by atoms with Gasteiger partial charge in [0.1, 0.15) is 11.6 Å². The second kappa shape index (κ2) is 7.99. The van der Waals surface area contributed by atoms with Crippen molar-refractivity contribution >= 4 is 17.8 Å². The summed E-state index contributed by atoms with van der Waals surface area (Å²) >= 11 is 0. The smallest absolute Gasteiger partial charge is 0.312 e. The molecule has 8 heteroatoms. The Bertz CT molecular complexity index is 640. The highest BCUT2D eigenvalue weighted by Crippen LogP contribution is 2.58. The molecule has 0 radical (unpaired) electrons. The topological polar surface area (TPSA) is 105 Å². The van der Waals surface area contributed by atoms with Crippen LogP contribution in [0.1, 0.15) is 53.4 Å². The van der Waals surface area contributed by atoms with E-state index in [0.717, 1.165) is 12.8 Å². The van der Waals surface area contributed by atoms with Crippen LogP contribution in [0.2, 0.25) is 0 Å². The van der Waals surface area contributed by atoms with Gasteiger partial charge in [-0.3, -0.25) is 14.4 Å². The summed E-state index contributed by atoms with van der Waals surface area (Å²) < 4.78 is 11.4. The van der Waals surface area contributed by atoms with Gasteiger partial charge in [-0.1, -0.05) is 13.3 Å². The van der Waals surface area contributed by atoms with Crippen LogP contribution in [0.5, 0.6) is 0 Å². The molecule has 8 nitrogen and oxygen atoms in total. The van der Waals surface area contributed by atoms with E-state index in [-0.39, 0.29) is 31.1 Å². The first-order valence-electron chi connectivity index (χ1n) is 10.4. The monoisotopic (exact) mass is 396 g/mol. The third-order valence-electron chi connectivity index (χ3n) is 6.39. The number of fused-ring (bicyclic) bond motifs is 1. The van der Waals surface area contributed by atoms with E-state index < -0.39 is 41.6 Å². The molecule has 0 aromatic rings. The molecule has 3 rings (SSSR count). The zero-order valence-corrected chi connectivity index (χ0v) is 17.1. The number of likely N-dealkylation sites (tertiary alicyclic amines) is 1. The van der Waals surface area contributed by atoms with E-state index in [9.17, 15) is 19.5 Å². The number of carbonyl (C=O) groups excluding carboxylic acids is 3. The van der Waals surface area contributed by atoms with E-state index in [1.807, 2.05) is 13.8 Å². The zero-order valence-electron chi connectivity index (χ0n) is 17.1. The molecule has 2 amide bonds. The fourth-order valence-electron chi connectivity index (χ4n) is 5.29. The average Bonchev–Trinajstić information content (AvgIpc) is 3.28. The molecule has 158 valence electrons. The van der Waals surface area contributed by atoms with Gasteiger partial charge in [-0.25, -0.2) is 0 Å². The Morgan fingerprint density at radius 1 is 1.39 bits per heavy atom. The number of rotatable bonds is 8. The van der Waals surface area contributed by atoms with Crippen LogP contribution in [0.25, 0.3) is 0 Å². The number of ether oxygens (including phenoxy) is 2. The molecular weight excluding hydrogens is 364 g/mol. The highest BCUT2D eigenvalue weighted by Gasteiger charge is 2.75. The summed E-state index contributed by atoms with van der Waals surface area (Å²) in [5.74, 6) is -2.45. The highest BCUT2D eigenvalue weighted by atomic mass is 16.6. The molecule has 0 aromatic heterocycles. The van der Waals surface area contributed by atoms with E-state index >= 15 is 0 Å². The van der Waals surface area contributed by atoms with Crippen molar-refractivity contribution in [2.45, 2.75) is 83.2 Å². The lowest BCUT2D eigenvalue weighted by molar-refractivity contribution is -0.155. The molecule has 3 aliphatic rings. The van der Waals surface area contributed by atoms with E-state index in [1.165, 1.54) is 4.90 Å². The molecule has 3 fully saturated rings. The normalized spacial score (nSPS) is 35.6. The van der Waals surface area contributed by atoms with Crippen molar-refractivity contribution in [2.24, 2.45) is 11.8 Å². The molecule has 3 saturated heterocycles. The van der Waals surface area contributed by atoms with Crippen molar-refractivity contribution in [1.29, 1.82) is 0 Å². The first-order chi connectivity index (χ1) is 13.3. The molecule has 0 saturated carbocycles. The quantitative estimate of drug-likeness (QED) is 0.583. The maximum Gasteiger partial charge on any atom is 0.312 e. The number of nitrogens with zero attached hydrogens (tertiary/aromatic N) is 1. The summed E-state index contributed by atoms with van der Waals surface area (Å²) in [5, 5.41) is 12.7. The molecule has 0 aromatic carbocycles. The molecule has 3 heterocycles. The maximum atomic E-state index is 13.4. The van der Waals surface area contributed by atoms with Crippen molar-refractivity contribution in [1.82, 2.24) is 10.2 Å². The SMILES string of the molecule is CCCC(C)NC(=O)[C@H]1N([C@H](C)CO)C(=O)[C@@H]2[C@@H](C(=O)OCC)[C@H]3CC[C@]21O3. The van der Waals surface area contributed by atoms with Crippen LogP contribution in [0.3, 0.4) is 0 Å². The Hall–Kier alpha value is -1.67. The van der Waals surface area contributed by atoms with Crippen molar-refractivity contribution < 1.29 is 29.0 Å². The van der Waals surface area contributed by atoms with Gasteiger partial charge in [0.2, 0.25) is 11.8 Å². The van der Waals surface area contributed by atoms with E-state index in [1.54, 1.807) is 13.8 Å². The summed E-state index contributed by atoms with van der Waals surface area (Å²) in [7, 11) is 0. The van der Waals surface area contributed by atoms with Crippen LogP contribution in [0.15, 0.2) is 0 Å². The molecule has 7 atom stereocenters. The van der Waals surface area contributed by atoms with Crippen molar-refractivity contribution in [2.75, 3.05) is 13.2 Å². The molecule has 0 aliphatic carbocycles. The summed E-state index contributed by atoms with van der Waals surface area (Å²) in [6.45, 7) is 7.37. The summed E-state index contributed by atoms with van der Waals surface area (Å²) in [6, 6.07) is -1.43. The molecule has 1 unspecified atom stereocenters. The number of hydrogen-bond donors (Lipinski definition) is 2. The third-order valence-corrected chi connectivity index (χ3v) is 6.39. The van der Waals surface area contributed by atoms with Gasteiger partial charge in [0, 0.05) is 6.04 Å². The van der Waals surface area contributed by atoms with E-state index in [0.29, 0.717) is 12.8 Å². The second-order valence-electron chi connectivity index (χ2n) is 8.28. The summed E-state index contributed by atoms with van der Waals surface area (Å²) in [6.07, 6.45) is 2.51. The second-order valence-corrected chi connectivity index (χ2v) is 8.28. The van der Waals surface area contributed by atoms with Crippen LogP contribution in [0.4, 0.5) is 0 Å². The zero-order chi connectivity index (χ0) is 20.6. The van der Waals surface area contributed by atoms with Gasteiger partial charge >= 0.3 is 5.97 Å². The predicted octanol–water partition coefficient (Wildman–Crippen LogP) is 0.610. The minimum Gasteiger partial charge on any atom is -0.466 e. The van der Waals surface area contributed by atoms with Gasteiger partial charge in [0.05, 0.1) is 37.2 Å². The fraction of sp³-hybridized carbons (Fsp3) is 0.850. The number of hydrogen-bond acceptors (Lipinski definition) is 6. The minimum atomic E-state index is -1.03. The minimum absolute atomic E-state index is 0.0335. The van der Waals surface area contributed by atoms with Crippen molar-refractivity contribution in [3.05, 3.63) is 0 Å². The molecule has 1 spiro atoms. The molecule has 2 N–H and O–H groups in total. The van der Waals surface area contributed by atoms with Crippen molar-refractivity contribution in [3.63, 3.8) is 0 Å². The molecule has 2 bridgehead atoms. The first kappa shape index (κ1) is 21.0. The fourth-order valence-corrected chi connectivity index (χ4v) is 5.29. The summed E-state index contributed by atoms with van der Waals surface area (Å²) in [5.41, 5.74) is -1.03. The number of esters is 1. The van der Waals surface area contributed by atoms with Crippen LogP contribution in [-0.2, 0) is 23.9 Å². The van der Waals surface area contributed by atoms with Crippen LogP contribution >= 0.6 is 0 Å². The van der Waals surface area contributed by atoms with Gasteiger partial charge in [0.25, 0.3) is 0 Å². The van der Waals surface area contributed by atoms with Gasteiger partial charge < -0.3 is 24.8 Å². The average molecular weight is 396 g/mol. The number of amides is 2.